The van der Waals surface area contributed by atoms with E-state index in [1.54, 1.807) is 12.4 Å². The van der Waals surface area contributed by atoms with Crippen molar-refractivity contribution in [2.75, 3.05) is 0 Å². The van der Waals surface area contributed by atoms with Gasteiger partial charge in [-0.3, -0.25) is 9.82 Å². The molecule has 2 rings (SSSR count). The molecule has 1 saturated carbocycles. The van der Waals surface area contributed by atoms with Crippen molar-refractivity contribution in [3.05, 3.63) is 30.1 Å². The van der Waals surface area contributed by atoms with E-state index in [1.807, 2.05) is 12.1 Å². The van der Waals surface area contributed by atoms with Crippen molar-refractivity contribution in [2.24, 2.45) is 0 Å². The highest BCUT2D eigenvalue weighted by Gasteiger charge is 2.14. The Morgan fingerprint density at radius 1 is 1.29 bits per heavy atom. The van der Waals surface area contributed by atoms with Gasteiger partial charge < -0.3 is 0 Å². The Labute approximate surface area is 84.5 Å². The predicted molar refractivity (Wildman–Crippen MR) is 54.4 cm³/mol. The molecule has 76 valence electrons. The highest BCUT2D eigenvalue weighted by atomic mass is 16.7. The van der Waals surface area contributed by atoms with Crippen molar-refractivity contribution < 1.29 is 4.84 Å². The van der Waals surface area contributed by atoms with Crippen LogP contribution in [-0.4, -0.2) is 11.1 Å². The number of nitrogens with one attached hydrogen (secondary N) is 1. The first kappa shape index (κ1) is 9.62. The Balaban J connectivity index is 1.67. The predicted octanol–water partition coefficient (Wildman–Crippen LogP) is 2.05. The van der Waals surface area contributed by atoms with E-state index in [0.29, 0.717) is 6.10 Å². The van der Waals surface area contributed by atoms with E-state index in [0.717, 1.165) is 6.54 Å². The van der Waals surface area contributed by atoms with E-state index in [4.69, 9.17) is 4.84 Å². The van der Waals surface area contributed by atoms with Gasteiger partial charge in [0.05, 0.1) is 6.10 Å². The van der Waals surface area contributed by atoms with Gasteiger partial charge in [-0.05, 0) is 30.5 Å². The van der Waals surface area contributed by atoms with E-state index < -0.39 is 0 Å². The van der Waals surface area contributed by atoms with Gasteiger partial charge in [-0.25, -0.2) is 0 Å². The third-order valence-electron chi connectivity index (χ3n) is 2.58. The lowest BCUT2D eigenvalue weighted by Crippen LogP contribution is -2.21. The van der Waals surface area contributed by atoms with Crippen LogP contribution >= 0.6 is 0 Å². The number of hydrogen-bond acceptors (Lipinski definition) is 3. The number of rotatable bonds is 4. The van der Waals surface area contributed by atoms with Gasteiger partial charge in [-0.1, -0.05) is 12.8 Å². The van der Waals surface area contributed by atoms with Crippen LogP contribution in [0.4, 0.5) is 0 Å². The molecular formula is C11H16N2O. The minimum Gasteiger partial charge on any atom is -0.298 e. The van der Waals surface area contributed by atoms with E-state index in [2.05, 4.69) is 10.5 Å². The summed E-state index contributed by atoms with van der Waals surface area (Å²) in [6, 6.07) is 3.98. The number of hydrogen-bond donors (Lipinski definition) is 1. The third-order valence-corrected chi connectivity index (χ3v) is 2.58. The largest absolute Gasteiger partial charge is 0.298 e. The molecule has 1 aliphatic rings. The van der Waals surface area contributed by atoms with Crippen molar-refractivity contribution in [2.45, 2.75) is 38.3 Å². The van der Waals surface area contributed by atoms with Crippen LogP contribution in [0.25, 0.3) is 0 Å². The first-order valence-corrected chi connectivity index (χ1v) is 5.22. The summed E-state index contributed by atoms with van der Waals surface area (Å²) < 4.78 is 0. The number of hydroxylamine groups is 1. The minimum atomic E-state index is 0.428. The standard InChI is InChI=1S/C11H16N2O/c1-2-4-11(3-1)14-13-9-10-5-7-12-8-6-10/h5-8,11,13H,1-4,9H2. The average molecular weight is 192 g/mol. The topological polar surface area (TPSA) is 34.1 Å². The van der Waals surface area contributed by atoms with E-state index in [-0.39, 0.29) is 0 Å². The normalized spacial score (nSPS) is 17.4. The van der Waals surface area contributed by atoms with Crippen molar-refractivity contribution in [1.82, 2.24) is 10.5 Å². The van der Waals surface area contributed by atoms with Gasteiger partial charge in [0.2, 0.25) is 0 Å². The van der Waals surface area contributed by atoms with Gasteiger partial charge in [0.1, 0.15) is 0 Å². The zero-order valence-electron chi connectivity index (χ0n) is 8.28. The Hall–Kier alpha value is -0.930. The molecule has 14 heavy (non-hydrogen) atoms. The van der Waals surface area contributed by atoms with Gasteiger partial charge >= 0.3 is 0 Å². The molecule has 0 spiro atoms. The molecule has 3 nitrogen and oxygen atoms in total. The van der Waals surface area contributed by atoms with Crippen molar-refractivity contribution >= 4 is 0 Å². The maximum atomic E-state index is 5.54. The second kappa shape index (κ2) is 5.08. The van der Waals surface area contributed by atoms with Gasteiger partial charge in [0.25, 0.3) is 0 Å². The summed E-state index contributed by atoms with van der Waals surface area (Å²) >= 11 is 0. The summed E-state index contributed by atoms with van der Waals surface area (Å²) in [6.45, 7) is 0.763. The van der Waals surface area contributed by atoms with Gasteiger partial charge in [-0.15, -0.1) is 0 Å². The zero-order valence-corrected chi connectivity index (χ0v) is 8.28. The van der Waals surface area contributed by atoms with Crippen LogP contribution in [0.1, 0.15) is 31.2 Å². The first-order chi connectivity index (χ1) is 6.95. The van der Waals surface area contributed by atoms with E-state index >= 15 is 0 Å². The number of nitrogens with zero attached hydrogens (tertiary/aromatic N) is 1. The summed E-state index contributed by atoms with van der Waals surface area (Å²) in [5.74, 6) is 0. The number of pyridine rings is 1. The molecule has 1 N–H and O–H groups in total. The molecule has 1 aromatic heterocycles. The maximum Gasteiger partial charge on any atom is 0.0790 e. The SMILES string of the molecule is c1cc(CNOC2CCCC2)ccn1. The average Bonchev–Trinajstić information content (AvgIpc) is 2.72. The Morgan fingerprint density at radius 2 is 2.00 bits per heavy atom. The highest BCUT2D eigenvalue weighted by molar-refractivity contribution is 5.08. The van der Waals surface area contributed by atoms with Crippen molar-refractivity contribution in [3.63, 3.8) is 0 Å². The lowest BCUT2D eigenvalue weighted by atomic mass is 10.3. The molecule has 0 unspecified atom stereocenters. The molecular weight excluding hydrogens is 176 g/mol. The molecule has 1 fully saturated rings. The van der Waals surface area contributed by atoms with Crippen molar-refractivity contribution in [1.29, 1.82) is 0 Å². The highest BCUT2D eigenvalue weighted by Crippen LogP contribution is 2.19. The van der Waals surface area contributed by atoms with Crippen molar-refractivity contribution in [3.8, 4) is 0 Å². The minimum absolute atomic E-state index is 0.428. The molecule has 0 bridgehead atoms. The molecule has 0 atom stereocenters. The van der Waals surface area contributed by atoms with E-state index in [1.165, 1.54) is 31.2 Å². The molecule has 1 aliphatic carbocycles. The summed E-state index contributed by atoms with van der Waals surface area (Å²) in [7, 11) is 0. The Morgan fingerprint density at radius 3 is 2.71 bits per heavy atom. The molecule has 0 aromatic carbocycles. The maximum absolute atomic E-state index is 5.54. The summed E-state index contributed by atoms with van der Waals surface area (Å²) in [5.41, 5.74) is 4.22. The molecule has 0 saturated heterocycles. The third kappa shape index (κ3) is 2.79. The fourth-order valence-corrected chi connectivity index (χ4v) is 1.75. The smallest absolute Gasteiger partial charge is 0.0790 e. The van der Waals surface area contributed by atoms with E-state index in [9.17, 15) is 0 Å². The second-order valence-corrected chi connectivity index (χ2v) is 3.70. The Bertz CT molecular complexity index is 257. The van der Waals surface area contributed by atoms with Crippen LogP contribution in [0.3, 0.4) is 0 Å². The van der Waals surface area contributed by atoms with Crippen LogP contribution < -0.4 is 5.48 Å². The lowest BCUT2D eigenvalue weighted by Gasteiger charge is -2.11. The van der Waals surface area contributed by atoms with Crippen LogP contribution in [0.5, 0.6) is 0 Å². The molecule has 1 aromatic rings. The lowest BCUT2D eigenvalue weighted by molar-refractivity contribution is -0.0244. The monoisotopic (exact) mass is 192 g/mol. The van der Waals surface area contributed by atoms with Crippen LogP contribution in [-0.2, 0) is 11.4 Å². The summed E-state index contributed by atoms with van der Waals surface area (Å²) in [4.78, 5) is 9.50. The summed E-state index contributed by atoms with van der Waals surface area (Å²) in [6.07, 6.45) is 9.03. The number of aromatic nitrogens is 1. The Kier molecular flexibility index (Phi) is 3.49. The molecule has 0 amide bonds. The fourth-order valence-electron chi connectivity index (χ4n) is 1.75. The van der Waals surface area contributed by atoms with Crippen LogP contribution in [0.15, 0.2) is 24.5 Å². The van der Waals surface area contributed by atoms with Gasteiger partial charge in [0, 0.05) is 18.9 Å². The van der Waals surface area contributed by atoms with Crippen LogP contribution in [0.2, 0.25) is 0 Å². The van der Waals surface area contributed by atoms with Crippen LogP contribution in [0, 0.1) is 0 Å². The quantitative estimate of drug-likeness (QED) is 0.741. The molecule has 0 radical (unpaired) electrons. The molecule has 1 heterocycles. The molecule has 3 heteroatoms. The van der Waals surface area contributed by atoms with Gasteiger partial charge in [-0.2, -0.15) is 5.48 Å². The molecule has 0 aliphatic heterocycles. The first-order valence-electron chi connectivity index (χ1n) is 5.22. The second-order valence-electron chi connectivity index (χ2n) is 3.70. The van der Waals surface area contributed by atoms with Gasteiger partial charge in [0.15, 0.2) is 0 Å². The zero-order chi connectivity index (χ0) is 9.64. The fraction of sp³-hybridized carbons (Fsp3) is 0.545. The summed E-state index contributed by atoms with van der Waals surface area (Å²) in [5, 5.41) is 0.